The molecule has 0 radical (unpaired) electrons. The van der Waals surface area contributed by atoms with Crippen LogP contribution in [0.4, 0.5) is 0 Å². The highest BCUT2D eigenvalue weighted by molar-refractivity contribution is 5.28. The Balaban J connectivity index is 0.00000132. The van der Waals surface area contributed by atoms with Crippen molar-refractivity contribution in [3.05, 3.63) is 23.8 Å². The summed E-state index contributed by atoms with van der Waals surface area (Å²) in [7, 11) is 0. The van der Waals surface area contributed by atoms with Gasteiger partial charge in [0.1, 0.15) is 0 Å². The molecule has 4 aliphatic rings. The van der Waals surface area contributed by atoms with Crippen LogP contribution in [-0.2, 0) is 0 Å². The van der Waals surface area contributed by atoms with Crippen LogP contribution in [0.5, 0.6) is 0 Å². The Kier molecular flexibility index (Phi) is 7.91. The average Bonchev–Trinajstić information content (AvgIpc) is 3.09. The summed E-state index contributed by atoms with van der Waals surface area (Å²) in [5.41, 5.74) is 3.49. The minimum Gasteiger partial charge on any atom is -0.0880 e. The van der Waals surface area contributed by atoms with Gasteiger partial charge in [-0.25, -0.2) is 0 Å². The average molecular weight is 427 g/mol. The molecule has 0 aromatic rings. The maximum atomic E-state index is 2.74. The van der Waals surface area contributed by atoms with Crippen molar-refractivity contribution in [2.24, 2.45) is 45.8 Å². The fourth-order valence-corrected chi connectivity index (χ4v) is 8.77. The third-order valence-corrected chi connectivity index (χ3v) is 11.2. The van der Waals surface area contributed by atoms with E-state index in [-0.39, 0.29) is 0 Å². The molecule has 7 unspecified atom stereocenters. The van der Waals surface area contributed by atoms with E-state index in [4.69, 9.17) is 0 Å². The van der Waals surface area contributed by atoms with Gasteiger partial charge in [0, 0.05) is 0 Å². The van der Waals surface area contributed by atoms with Gasteiger partial charge in [-0.2, -0.15) is 0 Å². The van der Waals surface area contributed by atoms with Crippen molar-refractivity contribution in [1.29, 1.82) is 0 Å². The molecule has 0 aliphatic heterocycles. The molecule has 0 spiro atoms. The van der Waals surface area contributed by atoms with E-state index >= 15 is 0 Å². The molecule has 0 amide bonds. The molecule has 0 heterocycles. The third kappa shape index (κ3) is 4.12. The van der Waals surface area contributed by atoms with Crippen molar-refractivity contribution in [3.8, 4) is 0 Å². The molecule has 0 heteroatoms. The first-order valence-electron chi connectivity index (χ1n) is 14.1. The fraction of sp³-hybridized carbons (Fsp3) is 0.871. The number of fused-ring (bicyclic) bond motifs is 5. The zero-order valence-electron chi connectivity index (χ0n) is 22.4. The normalized spacial score (nSPS) is 42.9. The molecule has 0 nitrogen and oxygen atoms in total. The molecule has 0 aromatic heterocycles. The van der Waals surface area contributed by atoms with Crippen molar-refractivity contribution in [3.63, 3.8) is 0 Å². The van der Waals surface area contributed by atoms with Crippen LogP contribution in [0.15, 0.2) is 23.8 Å². The van der Waals surface area contributed by atoms with Gasteiger partial charge in [-0.1, -0.05) is 85.6 Å². The molecule has 0 saturated heterocycles. The van der Waals surface area contributed by atoms with Crippen LogP contribution in [0.1, 0.15) is 126 Å². The molecule has 0 bridgehead atoms. The fourth-order valence-electron chi connectivity index (χ4n) is 8.77. The van der Waals surface area contributed by atoms with Crippen LogP contribution in [0.25, 0.3) is 0 Å². The summed E-state index contributed by atoms with van der Waals surface area (Å²) in [5.74, 6) is 4.35. The molecule has 178 valence electrons. The summed E-state index contributed by atoms with van der Waals surface area (Å²) in [5, 5.41) is 0. The highest BCUT2D eigenvalue weighted by Crippen LogP contribution is 2.71. The molecule has 0 aromatic carbocycles. The molecule has 3 fully saturated rings. The lowest BCUT2D eigenvalue weighted by Crippen LogP contribution is -2.56. The quantitative estimate of drug-likeness (QED) is 0.383. The van der Waals surface area contributed by atoms with Gasteiger partial charge in [0.15, 0.2) is 0 Å². The summed E-state index contributed by atoms with van der Waals surface area (Å²) in [6.07, 6.45) is 23.5. The van der Waals surface area contributed by atoms with Gasteiger partial charge in [-0.15, -0.1) is 0 Å². The zero-order chi connectivity index (χ0) is 22.9. The van der Waals surface area contributed by atoms with E-state index in [1.807, 2.05) is 19.4 Å². The summed E-state index contributed by atoms with van der Waals surface area (Å²) in [4.78, 5) is 0. The lowest BCUT2D eigenvalue weighted by Gasteiger charge is -2.64. The largest absolute Gasteiger partial charge is 0.0880 e. The van der Waals surface area contributed by atoms with E-state index in [1.165, 1.54) is 70.6 Å². The maximum absolute atomic E-state index is 2.74. The van der Waals surface area contributed by atoms with E-state index in [9.17, 15) is 0 Å². The van der Waals surface area contributed by atoms with Gasteiger partial charge in [0.05, 0.1) is 0 Å². The molecule has 0 N–H and O–H groups in total. The van der Waals surface area contributed by atoms with Crippen molar-refractivity contribution >= 4 is 0 Å². The Morgan fingerprint density at radius 1 is 1.00 bits per heavy atom. The highest BCUT2D eigenvalue weighted by Gasteiger charge is 2.62. The second-order valence-electron chi connectivity index (χ2n) is 12.4. The molecular weight excluding hydrogens is 372 g/mol. The molecule has 4 aliphatic carbocycles. The minimum absolute atomic E-state index is 0.499. The first-order chi connectivity index (χ1) is 14.8. The van der Waals surface area contributed by atoms with Crippen molar-refractivity contribution in [2.75, 3.05) is 0 Å². The van der Waals surface area contributed by atoms with Crippen LogP contribution in [0.3, 0.4) is 0 Å². The first-order valence-corrected chi connectivity index (χ1v) is 14.1. The Labute approximate surface area is 195 Å². The Hall–Kier alpha value is -0.520. The lowest BCUT2D eigenvalue weighted by atomic mass is 9.41. The monoisotopic (exact) mass is 426 g/mol. The molecule has 7 atom stereocenters. The van der Waals surface area contributed by atoms with Gasteiger partial charge >= 0.3 is 0 Å². The van der Waals surface area contributed by atoms with Gasteiger partial charge in [-0.3, -0.25) is 0 Å². The lowest BCUT2D eigenvalue weighted by molar-refractivity contribution is -0.108. The Morgan fingerprint density at radius 3 is 2.42 bits per heavy atom. The van der Waals surface area contributed by atoms with E-state index < -0.39 is 0 Å². The predicted molar refractivity (Wildman–Crippen MR) is 138 cm³/mol. The number of allylic oxidation sites excluding steroid dienone is 4. The first kappa shape index (κ1) is 25.1. The third-order valence-electron chi connectivity index (χ3n) is 11.2. The second kappa shape index (κ2) is 9.77. The maximum Gasteiger partial charge on any atom is -0.00598 e. The predicted octanol–water partition coefficient (Wildman–Crippen LogP) is 10.0. The van der Waals surface area contributed by atoms with E-state index in [2.05, 4.69) is 59.8 Å². The minimum atomic E-state index is 0.499. The van der Waals surface area contributed by atoms with Crippen LogP contribution in [-0.4, -0.2) is 0 Å². The molecule has 31 heavy (non-hydrogen) atoms. The van der Waals surface area contributed by atoms with Gasteiger partial charge < -0.3 is 0 Å². The number of rotatable bonds is 5. The summed E-state index contributed by atoms with van der Waals surface area (Å²) in [6.45, 7) is 19.2. The van der Waals surface area contributed by atoms with Gasteiger partial charge in [0.25, 0.3) is 0 Å². The standard InChI is InChI=1S/C29H48.C2H6/c1-7-22(21(2)3)11-10-13-23-14-16-25-26-17-15-24-12-8-9-18-28(24,5)29(26,6)20-19-27(23,25)4;1-2/h10-11,15,21-23,25-26H,7-9,12-14,16-20H2,1-6H3;1-2H3/b11-10+;. The summed E-state index contributed by atoms with van der Waals surface area (Å²) >= 11 is 0. The van der Waals surface area contributed by atoms with Gasteiger partial charge in [-0.05, 0) is 110 Å². The zero-order valence-corrected chi connectivity index (χ0v) is 22.4. The van der Waals surface area contributed by atoms with Crippen molar-refractivity contribution in [1.82, 2.24) is 0 Å². The van der Waals surface area contributed by atoms with Crippen molar-refractivity contribution in [2.45, 2.75) is 126 Å². The Bertz CT molecular complexity index is 653. The van der Waals surface area contributed by atoms with Crippen LogP contribution < -0.4 is 0 Å². The number of hydrogen-bond donors (Lipinski definition) is 0. The Morgan fingerprint density at radius 2 is 1.74 bits per heavy atom. The van der Waals surface area contributed by atoms with E-state index in [0.717, 1.165) is 29.6 Å². The smallest absolute Gasteiger partial charge is 0.00598 e. The van der Waals surface area contributed by atoms with Gasteiger partial charge in [0.2, 0.25) is 0 Å². The molecule has 3 saturated carbocycles. The highest BCUT2D eigenvalue weighted by atomic mass is 14.7. The van der Waals surface area contributed by atoms with E-state index in [1.54, 1.807) is 0 Å². The van der Waals surface area contributed by atoms with Crippen LogP contribution in [0, 0.1) is 45.8 Å². The van der Waals surface area contributed by atoms with Crippen LogP contribution in [0.2, 0.25) is 0 Å². The topological polar surface area (TPSA) is 0 Å². The number of hydrogen-bond acceptors (Lipinski definition) is 0. The second-order valence-corrected chi connectivity index (χ2v) is 12.4. The van der Waals surface area contributed by atoms with E-state index in [0.29, 0.717) is 16.2 Å². The SMILES string of the molecule is CC.CCC(/C=C/CC1CCC2C3CC=C4CCCCC4(C)C3(C)CCC12C)C(C)C. The van der Waals surface area contributed by atoms with Crippen LogP contribution >= 0.6 is 0 Å². The molecule has 4 rings (SSSR count). The van der Waals surface area contributed by atoms with Crippen molar-refractivity contribution < 1.29 is 0 Å². The summed E-state index contributed by atoms with van der Waals surface area (Å²) in [6, 6.07) is 0. The summed E-state index contributed by atoms with van der Waals surface area (Å²) < 4.78 is 0. The molecular formula is C31H54.